The molecule has 178 valence electrons. The largest absolute Gasteiger partial charge is 0.497 e. The minimum absolute atomic E-state index is 0.0830. The van der Waals surface area contributed by atoms with Crippen LogP contribution in [-0.2, 0) is 0 Å². The summed E-state index contributed by atoms with van der Waals surface area (Å²) in [5.41, 5.74) is 3.24. The van der Waals surface area contributed by atoms with E-state index in [0.29, 0.717) is 59.0 Å². The quantitative estimate of drug-likeness (QED) is 0.410. The first-order valence-corrected chi connectivity index (χ1v) is 11.9. The van der Waals surface area contributed by atoms with Crippen LogP contribution in [0.4, 0.5) is 5.69 Å². The molecule has 1 aliphatic heterocycles. The molecule has 0 unspecified atom stereocenters. The van der Waals surface area contributed by atoms with E-state index in [-0.39, 0.29) is 11.5 Å². The molecule has 7 heteroatoms. The molecule has 5 rings (SSSR count). The molecule has 1 amide bonds. The van der Waals surface area contributed by atoms with Crippen molar-refractivity contribution in [3.8, 4) is 11.4 Å². The number of nitrogens with zero attached hydrogens (tertiary/aromatic N) is 3. The first-order valence-electron chi connectivity index (χ1n) is 11.6. The highest BCUT2D eigenvalue weighted by molar-refractivity contribution is 6.30. The molecule has 0 atom stereocenters. The van der Waals surface area contributed by atoms with Crippen LogP contribution in [0.25, 0.3) is 16.5 Å². The third kappa shape index (κ3) is 4.37. The molecule has 0 saturated carbocycles. The molecule has 0 radical (unpaired) electrons. The molecule has 1 fully saturated rings. The number of carbonyl (C=O) groups excluding carboxylic acids is 1. The average molecular weight is 488 g/mol. The minimum atomic E-state index is -0.174. The fourth-order valence-electron chi connectivity index (χ4n) is 4.66. The van der Waals surface area contributed by atoms with Gasteiger partial charge in [-0.3, -0.25) is 14.2 Å². The van der Waals surface area contributed by atoms with Crippen LogP contribution >= 0.6 is 11.6 Å². The Kier molecular flexibility index (Phi) is 6.22. The maximum atomic E-state index is 13.7. The molecule has 0 N–H and O–H groups in total. The van der Waals surface area contributed by atoms with Gasteiger partial charge in [-0.1, -0.05) is 41.9 Å². The number of piperazine rings is 1. The van der Waals surface area contributed by atoms with Gasteiger partial charge in [-0.25, -0.2) is 0 Å². The summed E-state index contributed by atoms with van der Waals surface area (Å²) in [7, 11) is 1.59. The molecule has 2 heterocycles. The lowest BCUT2D eigenvalue weighted by molar-refractivity contribution is 0.0748. The van der Waals surface area contributed by atoms with E-state index in [1.807, 2.05) is 59.5 Å². The monoisotopic (exact) mass is 487 g/mol. The Bertz CT molecular complexity index is 1470. The zero-order chi connectivity index (χ0) is 24.5. The minimum Gasteiger partial charge on any atom is -0.497 e. The third-order valence-corrected chi connectivity index (χ3v) is 6.80. The number of benzene rings is 3. The van der Waals surface area contributed by atoms with Crippen molar-refractivity contribution in [3.63, 3.8) is 0 Å². The Morgan fingerprint density at radius 2 is 1.66 bits per heavy atom. The fourth-order valence-corrected chi connectivity index (χ4v) is 4.82. The number of anilines is 1. The predicted octanol–water partition coefficient (Wildman–Crippen LogP) is 4.92. The van der Waals surface area contributed by atoms with Crippen molar-refractivity contribution in [2.45, 2.75) is 6.92 Å². The van der Waals surface area contributed by atoms with Gasteiger partial charge < -0.3 is 14.5 Å². The van der Waals surface area contributed by atoms with Crippen molar-refractivity contribution in [2.75, 3.05) is 38.2 Å². The van der Waals surface area contributed by atoms with Crippen molar-refractivity contribution < 1.29 is 9.53 Å². The molecule has 6 nitrogen and oxygen atoms in total. The number of hydrogen-bond donors (Lipinski definition) is 0. The Morgan fingerprint density at radius 1 is 0.914 bits per heavy atom. The van der Waals surface area contributed by atoms with Crippen molar-refractivity contribution >= 4 is 34.0 Å². The van der Waals surface area contributed by atoms with Crippen LogP contribution in [0, 0.1) is 6.92 Å². The highest BCUT2D eigenvalue weighted by Gasteiger charge is 2.25. The smallest absolute Gasteiger partial charge is 0.262 e. The standard InChI is InChI=1S/C28H26ClN3O3/c1-19-10-11-20(29)16-26(19)30-12-14-31(15-13-30)27(33)25-18-32(21-6-5-7-22(17-21)35-2)28(34)24-9-4-3-8-23(24)25/h3-11,16-18H,12-15H2,1-2H3. The van der Waals surface area contributed by atoms with Crippen molar-refractivity contribution in [1.82, 2.24) is 9.47 Å². The Hall–Kier alpha value is -3.77. The van der Waals surface area contributed by atoms with Gasteiger partial charge >= 0.3 is 0 Å². The van der Waals surface area contributed by atoms with Crippen molar-refractivity contribution in [3.05, 3.63) is 99.4 Å². The van der Waals surface area contributed by atoms with Crippen LogP contribution in [0.1, 0.15) is 15.9 Å². The van der Waals surface area contributed by atoms with E-state index in [2.05, 4.69) is 11.8 Å². The van der Waals surface area contributed by atoms with E-state index in [4.69, 9.17) is 16.3 Å². The van der Waals surface area contributed by atoms with E-state index >= 15 is 0 Å². The first-order chi connectivity index (χ1) is 17.0. The van der Waals surface area contributed by atoms with E-state index in [1.54, 1.807) is 25.4 Å². The second kappa shape index (κ2) is 9.47. The summed E-state index contributed by atoms with van der Waals surface area (Å²) in [6, 6.07) is 20.4. The number of hydrogen-bond acceptors (Lipinski definition) is 4. The molecule has 1 aliphatic rings. The number of carbonyl (C=O) groups is 1. The summed E-state index contributed by atoms with van der Waals surface area (Å²) in [5.74, 6) is 0.558. The number of aromatic nitrogens is 1. The molecule has 0 spiro atoms. The fraction of sp³-hybridized carbons (Fsp3) is 0.214. The number of fused-ring (bicyclic) bond motifs is 1. The third-order valence-electron chi connectivity index (χ3n) is 6.57. The second-order valence-electron chi connectivity index (χ2n) is 8.68. The van der Waals surface area contributed by atoms with Gasteiger partial charge in [0, 0.05) is 59.9 Å². The molecule has 1 saturated heterocycles. The van der Waals surface area contributed by atoms with Gasteiger partial charge in [0.1, 0.15) is 5.75 Å². The van der Waals surface area contributed by atoms with E-state index < -0.39 is 0 Å². The summed E-state index contributed by atoms with van der Waals surface area (Å²) >= 11 is 6.22. The van der Waals surface area contributed by atoms with Crippen LogP contribution in [-0.4, -0.2) is 48.7 Å². The second-order valence-corrected chi connectivity index (χ2v) is 9.11. The molecular weight excluding hydrogens is 462 g/mol. The van der Waals surface area contributed by atoms with Gasteiger partial charge in [0.05, 0.1) is 18.4 Å². The van der Waals surface area contributed by atoms with E-state index in [9.17, 15) is 9.59 Å². The number of pyridine rings is 1. The zero-order valence-corrected chi connectivity index (χ0v) is 20.5. The van der Waals surface area contributed by atoms with Crippen LogP contribution in [0.3, 0.4) is 0 Å². The van der Waals surface area contributed by atoms with Gasteiger partial charge in [-0.05, 0) is 42.8 Å². The number of rotatable bonds is 4. The molecule has 4 aromatic rings. The molecule has 0 bridgehead atoms. The Morgan fingerprint density at radius 3 is 2.40 bits per heavy atom. The summed E-state index contributed by atoms with van der Waals surface area (Å²) in [5, 5.41) is 1.87. The van der Waals surface area contributed by atoms with Crippen LogP contribution in [0.15, 0.2) is 77.7 Å². The Balaban J connectivity index is 1.49. The lowest BCUT2D eigenvalue weighted by atomic mass is 10.1. The Labute approximate surface area is 208 Å². The molecule has 3 aromatic carbocycles. The van der Waals surface area contributed by atoms with Gasteiger partial charge in [-0.2, -0.15) is 0 Å². The number of aryl methyl sites for hydroxylation is 1. The normalized spacial score (nSPS) is 13.8. The van der Waals surface area contributed by atoms with E-state index in [0.717, 1.165) is 11.3 Å². The van der Waals surface area contributed by atoms with Gasteiger partial charge in [0.2, 0.25) is 0 Å². The predicted molar refractivity (Wildman–Crippen MR) is 140 cm³/mol. The SMILES string of the molecule is COc1cccc(-n2cc(C(=O)N3CCN(c4cc(Cl)ccc4C)CC3)c3ccccc3c2=O)c1. The van der Waals surface area contributed by atoms with Gasteiger partial charge in [-0.15, -0.1) is 0 Å². The number of halogens is 1. The summed E-state index contributed by atoms with van der Waals surface area (Å²) in [6.45, 7) is 4.65. The summed E-state index contributed by atoms with van der Waals surface area (Å²) < 4.78 is 6.87. The van der Waals surface area contributed by atoms with Crippen LogP contribution in [0.2, 0.25) is 5.02 Å². The molecule has 0 aliphatic carbocycles. The van der Waals surface area contributed by atoms with Crippen LogP contribution in [0.5, 0.6) is 5.75 Å². The van der Waals surface area contributed by atoms with Gasteiger partial charge in [0.25, 0.3) is 11.5 Å². The lowest BCUT2D eigenvalue weighted by Crippen LogP contribution is -2.49. The zero-order valence-electron chi connectivity index (χ0n) is 19.7. The molecule has 35 heavy (non-hydrogen) atoms. The number of ether oxygens (including phenoxy) is 1. The highest BCUT2D eigenvalue weighted by atomic mass is 35.5. The maximum absolute atomic E-state index is 13.7. The summed E-state index contributed by atoms with van der Waals surface area (Å²) in [6.07, 6.45) is 1.66. The van der Waals surface area contributed by atoms with Gasteiger partial charge in [0.15, 0.2) is 0 Å². The molecular formula is C28H26ClN3O3. The van der Waals surface area contributed by atoms with Crippen molar-refractivity contribution in [1.29, 1.82) is 0 Å². The van der Waals surface area contributed by atoms with Crippen molar-refractivity contribution in [2.24, 2.45) is 0 Å². The summed E-state index contributed by atoms with van der Waals surface area (Å²) in [4.78, 5) is 31.2. The first kappa shape index (κ1) is 23.0. The number of methoxy groups -OCH3 is 1. The van der Waals surface area contributed by atoms with E-state index in [1.165, 1.54) is 4.57 Å². The number of amides is 1. The molecule has 1 aromatic heterocycles. The lowest BCUT2D eigenvalue weighted by Gasteiger charge is -2.37. The van der Waals surface area contributed by atoms with Crippen LogP contribution < -0.4 is 15.2 Å². The average Bonchev–Trinajstić information content (AvgIpc) is 2.90. The maximum Gasteiger partial charge on any atom is 0.262 e. The highest BCUT2D eigenvalue weighted by Crippen LogP contribution is 2.26. The topological polar surface area (TPSA) is 54.8 Å².